The van der Waals surface area contributed by atoms with Gasteiger partial charge >= 0.3 is 0 Å². The van der Waals surface area contributed by atoms with Gasteiger partial charge in [-0.2, -0.15) is 0 Å². The summed E-state index contributed by atoms with van der Waals surface area (Å²) in [4.78, 5) is 2.50. The van der Waals surface area contributed by atoms with Crippen molar-refractivity contribution in [1.29, 1.82) is 0 Å². The van der Waals surface area contributed by atoms with Gasteiger partial charge in [0.05, 0.1) is 5.69 Å². The normalized spacial score (nSPS) is 15.4. The Labute approximate surface area is 245 Å². The number of benzene rings is 8. The second-order valence-corrected chi connectivity index (χ2v) is 12.4. The fourth-order valence-electron chi connectivity index (χ4n) is 8.91. The Morgan fingerprint density at radius 1 is 0.405 bits per heavy atom. The second kappa shape index (κ2) is 8.11. The average molecular weight is 536 g/mol. The topological polar surface area (TPSA) is 3.24 Å². The predicted octanol–water partition coefficient (Wildman–Crippen LogP) is 11.5. The standard InChI is InChI=1S/C41H29N/c1-3-13-27(14-4-1)42(28-15-5-2-6-16-28)40-31-19-10-18-30-29-17-9-12-26-22-23-34-38(35(26)29)39(36(30)31)37-32(40)20-11-21-33(37)41(34)24-7-8-25-41/h1-6,9-23H,7-8,24-25H2. The zero-order valence-corrected chi connectivity index (χ0v) is 23.4. The van der Waals surface area contributed by atoms with Gasteiger partial charge in [0.25, 0.3) is 0 Å². The Morgan fingerprint density at radius 2 is 0.976 bits per heavy atom. The summed E-state index contributed by atoms with van der Waals surface area (Å²) in [7, 11) is 0. The third-order valence-corrected chi connectivity index (χ3v) is 10.5. The van der Waals surface area contributed by atoms with Crippen molar-refractivity contribution in [2.45, 2.75) is 31.1 Å². The van der Waals surface area contributed by atoms with Crippen LogP contribution in [0.15, 0.2) is 127 Å². The number of hydrogen-bond donors (Lipinski definition) is 0. The third-order valence-electron chi connectivity index (χ3n) is 10.5. The highest BCUT2D eigenvalue weighted by Gasteiger charge is 2.43. The smallest absolute Gasteiger partial charge is 0.0619 e. The number of nitrogens with zero attached hydrogens (tertiary/aromatic N) is 1. The SMILES string of the molecule is c1ccc(N(c2ccccc2)c2c3cccc4c3c3c5c(ccc6cccc(c7cccc2c73)c65)C42CCCC2)cc1. The third kappa shape index (κ3) is 2.70. The van der Waals surface area contributed by atoms with Gasteiger partial charge in [0.1, 0.15) is 0 Å². The van der Waals surface area contributed by atoms with Crippen LogP contribution in [-0.4, -0.2) is 0 Å². The van der Waals surface area contributed by atoms with E-state index in [2.05, 4.69) is 132 Å². The molecule has 1 nitrogen and oxygen atoms in total. The van der Waals surface area contributed by atoms with Crippen molar-refractivity contribution in [3.63, 3.8) is 0 Å². The summed E-state index contributed by atoms with van der Waals surface area (Å²) in [6, 6.07) is 47.8. The first-order valence-electron chi connectivity index (χ1n) is 15.3. The predicted molar refractivity (Wildman–Crippen MR) is 179 cm³/mol. The number of anilines is 3. The van der Waals surface area contributed by atoms with E-state index in [-0.39, 0.29) is 5.41 Å². The van der Waals surface area contributed by atoms with E-state index < -0.39 is 0 Å². The minimum Gasteiger partial charge on any atom is -0.309 e. The van der Waals surface area contributed by atoms with Gasteiger partial charge in [-0.1, -0.05) is 116 Å². The highest BCUT2D eigenvalue weighted by atomic mass is 15.1. The molecule has 0 amide bonds. The summed E-state index contributed by atoms with van der Waals surface area (Å²) in [5, 5.41) is 14.1. The summed E-state index contributed by atoms with van der Waals surface area (Å²) in [5.41, 5.74) is 6.83. The van der Waals surface area contributed by atoms with Crippen molar-refractivity contribution in [3.05, 3.63) is 139 Å². The molecule has 1 spiro atoms. The maximum atomic E-state index is 2.50. The van der Waals surface area contributed by atoms with Crippen LogP contribution in [0.2, 0.25) is 0 Å². The Balaban J connectivity index is 1.51. The molecule has 0 unspecified atom stereocenters. The molecule has 0 saturated heterocycles. The molecule has 0 atom stereocenters. The lowest BCUT2D eigenvalue weighted by molar-refractivity contribution is 0.544. The van der Waals surface area contributed by atoms with E-state index in [1.807, 2.05) is 0 Å². The Hall–Kier alpha value is -4.88. The van der Waals surface area contributed by atoms with Crippen LogP contribution in [0, 0.1) is 0 Å². The second-order valence-electron chi connectivity index (χ2n) is 12.4. The molecule has 0 aromatic heterocycles. The maximum Gasteiger partial charge on any atom is 0.0619 e. The Kier molecular flexibility index (Phi) is 4.40. The van der Waals surface area contributed by atoms with Gasteiger partial charge < -0.3 is 4.90 Å². The van der Waals surface area contributed by atoms with Gasteiger partial charge in [-0.25, -0.2) is 0 Å². The molecule has 0 heterocycles. The minimum atomic E-state index is 0.0741. The quantitative estimate of drug-likeness (QED) is 0.161. The fraction of sp³-hybridized carbons (Fsp3) is 0.122. The molecule has 2 aliphatic rings. The summed E-state index contributed by atoms with van der Waals surface area (Å²) in [6.07, 6.45) is 5.03. The van der Waals surface area contributed by atoms with Crippen molar-refractivity contribution in [2.24, 2.45) is 0 Å². The van der Waals surface area contributed by atoms with Crippen molar-refractivity contribution in [2.75, 3.05) is 4.90 Å². The molecular formula is C41H29N. The zero-order chi connectivity index (χ0) is 27.4. The lowest BCUT2D eigenvalue weighted by Crippen LogP contribution is -2.27. The van der Waals surface area contributed by atoms with Crippen LogP contribution in [0.25, 0.3) is 53.9 Å². The zero-order valence-electron chi connectivity index (χ0n) is 23.4. The van der Waals surface area contributed by atoms with Gasteiger partial charge in [-0.3, -0.25) is 0 Å². The van der Waals surface area contributed by atoms with Crippen molar-refractivity contribution < 1.29 is 0 Å². The van der Waals surface area contributed by atoms with E-state index in [0.29, 0.717) is 0 Å². The first-order valence-corrected chi connectivity index (χ1v) is 15.3. The largest absolute Gasteiger partial charge is 0.309 e. The van der Waals surface area contributed by atoms with Gasteiger partial charge in [-0.05, 0) is 85.9 Å². The van der Waals surface area contributed by atoms with Crippen LogP contribution in [-0.2, 0) is 5.41 Å². The van der Waals surface area contributed by atoms with Gasteiger partial charge in [-0.15, -0.1) is 0 Å². The molecule has 10 rings (SSSR count). The molecule has 0 radical (unpaired) electrons. The minimum absolute atomic E-state index is 0.0741. The van der Waals surface area contributed by atoms with Crippen LogP contribution in [0.1, 0.15) is 36.8 Å². The summed E-state index contributed by atoms with van der Waals surface area (Å²) in [6.45, 7) is 0. The van der Waals surface area contributed by atoms with Crippen LogP contribution in [0.4, 0.5) is 17.1 Å². The first-order chi connectivity index (χ1) is 20.9. The number of hydrogen-bond acceptors (Lipinski definition) is 1. The van der Waals surface area contributed by atoms with Crippen molar-refractivity contribution >= 4 is 70.9 Å². The molecule has 0 N–H and O–H groups in total. The highest BCUT2D eigenvalue weighted by molar-refractivity contribution is 6.42. The molecule has 42 heavy (non-hydrogen) atoms. The summed E-state index contributed by atoms with van der Waals surface area (Å²) < 4.78 is 0. The van der Waals surface area contributed by atoms with Gasteiger partial charge in [0, 0.05) is 32.9 Å². The number of para-hydroxylation sites is 2. The number of rotatable bonds is 3. The fourth-order valence-corrected chi connectivity index (χ4v) is 8.91. The monoisotopic (exact) mass is 535 g/mol. The average Bonchev–Trinajstić information content (AvgIpc) is 3.55. The number of fused-ring (bicyclic) bond motifs is 3. The van der Waals surface area contributed by atoms with Crippen LogP contribution in [0.5, 0.6) is 0 Å². The molecule has 8 aromatic carbocycles. The molecule has 1 fully saturated rings. The van der Waals surface area contributed by atoms with Crippen molar-refractivity contribution in [3.8, 4) is 0 Å². The van der Waals surface area contributed by atoms with E-state index >= 15 is 0 Å². The first kappa shape index (κ1) is 22.8. The van der Waals surface area contributed by atoms with E-state index in [1.165, 1.54) is 102 Å². The Morgan fingerprint density at radius 3 is 1.69 bits per heavy atom. The lowest BCUT2D eigenvalue weighted by atomic mass is 9.65. The van der Waals surface area contributed by atoms with Crippen LogP contribution in [0.3, 0.4) is 0 Å². The van der Waals surface area contributed by atoms with Crippen molar-refractivity contribution in [1.82, 2.24) is 0 Å². The van der Waals surface area contributed by atoms with E-state index in [1.54, 1.807) is 5.56 Å². The molecule has 0 aliphatic heterocycles. The molecule has 1 heteroatoms. The van der Waals surface area contributed by atoms with E-state index in [4.69, 9.17) is 0 Å². The van der Waals surface area contributed by atoms with E-state index in [0.717, 1.165) is 0 Å². The molecular weight excluding hydrogens is 506 g/mol. The molecule has 2 aliphatic carbocycles. The van der Waals surface area contributed by atoms with Gasteiger partial charge in [0.2, 0.25) is 0 Å². The highest BCUT2D eigenvalue weighted by Crippen LogP contribution is 2.60. The molecule has 8 aromatic rings. The lowest BCUT2D eigenvalue weighted by Gasteiger charge is -2.39. The van der Waals surface area contributed by atoms with Gasteiger partial charge in [0.15, 0.2) is 0 Å². The van der Waals surface area contributed by atoms with Crippen LogP contribution < -0.4 is 4.90 Å². The summed E-state index contributed by atoms with van der Waals surface area (Å²) >= 11 is 0. The summed E-state index contributed by atoms with van der Waals surface area (Å²) in [5.74, 6) is 0. The molecule has 1 saturated carbocycles. The molecule has 0 bridgehead atoms. The maximum absolute atomic E-state index is 2.50. The van der Waals surface area contributed by atoms with Crippen LogP contribution >= 0.6 is 0 Å². The van der Waals surface area contributed by atoms with E-state index in [9.17, 15) is 0 Å². The molecule has 198 valence electrons. The Bertz CT molecular complexity index is 2300.